The number of carbonyl (C=O) groups excluding carboxylic acids is 1. The average molecular weight is 475 g/mol. The molecule has 0 aliphatic rings. The van der Waals surface area contributed by atoms with E-state index in [-0.39, 0.29) is 11.7 Å². The monoisotopic (exact) mass is 474 g/mol. The zero-order valence-electron chi connectivity index (χ0n) is 18.9. The van der Waals surface area contributed by atoms with Crippen LogP contribution in [0.5, 0.6) is 0 Å². The summed E-state index contributed by atoms with van der Waals surface area (Å²) in [6, 6.07) is 24.5. The molecule has 0 aliphatic carbocycles. The van der Waals surface area contributed by atoms with E-state index in [0.29, 0.717) is 10.9 Å². The second kappa shape index (κ2) is 10.7. The highest BCUT2D eigenvalue weighted by Gasteiger charge is 2.17. The largest absolute Gasteiger partial charge is 0.325 e. The molecule has 4 aromatic rings. The Morgan fingerprint density at radius 3 is 2.33 bits per heavy atom. The minimum Gasteiger partial charge on any atom is -0.325 e. The molecule has 3 aromatic carbocycles. The van der Waals surface area contributed by atoms with E-state index >= 15 is 0 Å². The van der Waals surface area contributed by atoms with Crippen molar-refractivity contribution in [2.75, 3.05) is 11.1 Å². The lowest BCUT2D eigenvalue weighted by atomic mass is 10.1. The fourth-order valence-electron chi connectivity index (χ4n) is 3.50. The summed E-state index contributed by atoms with van der Waals surface area (Å²) in [5.41, 5.74) is 5.14. The fraction of sp³-hybridized carbons (Fsp3) is 0.192. The Kier molecular flexibility index (Phi) is 7.52. The Morgan fingerprint density at radius 1 is 0.879 bits per heavy atom. The molecule has 1 aromatic heterocycles. The molecular weight excluding hydrogens is 448 g/mol. The zero-order valence-corrected chi connectivity index (χ0v) is 20.5. The maximum atomic E-state index is 12.7. The van der Waals surface area contributed by atoms with Crippen LogP contribution in [-0.4, -0.2) is 26.4 Å². The van der Waals surface area contributed by atoms with E-state index in [1.807, 2.05) is 62.4 Å². The van der Waals surface area contributed by atoms with Gasteiger partial charge in [0, 0.05) is 16.3 Å². The number of thioether (sulfide) groups is 2. The quantitative estimate of drug-likeness (QED) is 0.307. The van der Waals surface area contributed by atoms with Crippen molar-refractivity contribution in [3.63, 3.8) is 0 Å². The van der Waals surface area contributed by atoms with Gasteiger partial charge in [0.05, 0.1) is 11.5 Å². The van der Waals surface area contributed by atoms with Crippen molar-refractivity contribution < 1.29 is 4.79 Å². The summed E-state index contributed by atoms with van der Waals surface area (Å²) >= 11 is 3.11. The van der Waals surface area contributed by atoms with Gasteiger partial charge in [0.25, 0.3) is 0 Å². The van der Waals surface area contributed by atoms with E-state index in [4.69, 9.17) is 0 Å². The summed E-state index contributed by atoms with van der Waals surface area (Å²) < 4.78 is 2.06. The SMILES string of the molecule is Cc1cccc(-n2c(CSc3ccccc3)nnc2SCC(=O)Nc2c(C)cccc2C)c1. The van der Waals surface area contributed by atoms with E-state index in [1.165, 1.54) is 16.7 Å². The van der Waals surface area contributed by atoms with Gasteiger partial charge < -0.3 is 5.32 Å². The predicted molar refractivity (Wildman–Crippen MR) is 137 cm³/mol. The first-order valence-corrected chi connectivity index (χ1v) is 12.7. The van der Waals surface area contributed by atoms with Crippen LogP contribution in [0.4, 0.5) is 5.69 Å². The number of rotatable bonds is 8. The molecule has 1 heterocycles. The Morgan fingerprint density at radius 2 is 1.61 bits per heavy atom. The van der Waals surface area contributed by atoms with Crippen molar-refractivity contribution in [3.05, 3.63) is 95.3 Å². The van der Waals surface area contributed by atoms with Crippen LogP contribution in [0.1, 0.15) is 22.5 Å². The number of anilines is 1. The smallest absolute Gasteiger partial charge is 0.234 e. The Bertz CT molecular complexity index is 1230. The molecule has 168 valence electrons. The van der Waals surface area contributed by atoms with Crippen LogP contribution in [0.2, 0.25) is 0 Å². The van der Waals surface area contributed by atoms with Gasteiger partial charge in [-0.1, -0.05) is 60.3 Å². The van der Waals surface area contributed by atoms with Crippen LogP contribution >= 0.6 is 23.5 Å². The number of benzene rings is 3. The number of hydrogen-bond acceptors (Lipinski definition) is 5. The normalized spacial score (nSPS) is 10.9. The van der Waals surface area contributed by atoms with Gasteiger partial charge >= 0.3 is 0 Å². The molecule has 0 spiro atoms. The topological polar surface area (TPSA) is 59.8 Å². The van der Waals surface area contributed by atoms with Crippen LogP contribution in [0.15, 0.2) is 82.8 Å². The van der Waals surface area contributed by atoms with Crippen molar-refractivity contribution in [2.45, 2.75) is 36.6 Å². The zero-order chi connectivity index (χ0) is 23.2. The Balaban J connectivity index is 1.53. The number of nitrogens with one attached hydrogen (secondary N) is 1. The number of nitrogens with zero attached hydrogens (tertiary/aromatic N) is 3. The first-order valence-electron chi connectivity index (χ1n) is 10.7. The van der Waals surface area contributed by atoms with Crippen molar-refractivity contribution in [1.82, 2.24) is 14.8 Å². The average Bonchev–Trinajstić information content (AvgIpc) is 3.22. The van der Waals surface area contributed by atoms with Crippen molar-refractivity contribution in [1.29, 1.82) is 0 Å². The lowest BCUT2D eigenvalue weighted by Gasteiger charge is -2.12. The van der Waals surface area contributed by atoms with Gasteiger partial charge in [-0.3, -0.25) is 9.36 Å². The molecule has 0 saturated carbocycles. The van der Waals surface area contributed by atoms with Crippen molar-refractivity contribution in [3.8, 4) is 5.69 Å². The molecule has 1 amide bonds. The summed E-state index contributed by atoms with van der Waals surface area (Å²) in [6.07, 6.45) is 0. The van der Waals surface area contributed by atoms with Gasteiger partial charge in [0.15, 0.2) is 5.16 Å². The number of hydrogen-bond donors (Lipinski definition) is 1. The highest BCUT2D eigenvalue weighted by Crippen LogP contribution is 2.28. The molecule has 0 saturated heterocycles. The number of amides is 1. The maximum Gasteiger partial charge on any atom is 0.234 e. The van der Waals surface area contributed by atoms with E-state index < -0.39 is 0 Å². The van der Waals surface area contributed by atoms with E-state index in [9.17, 15) is 4.79 Å². The van der Waals surface area contributed by atoms with E-state index in [2.05, 4.69) is 51.3 Å². The van der Waals surface area contributed by atoms with Crippen LogP contribution in [-0.2, 0) is 10.5 Å². The minimum absolute atomic E-state index is 0.0589. The lowest BCUT2D eigenvalue weighted by Crippen LogP contribution is -2.16. The summed E-state index contributed by atoms with van der Waals surface area (Å²) in [5, 5.41) is 12.7. The van der Waals surface area contributed by atoms with Crippen molar-refractivity contribution >= 4 is 35.1 Å². The summed E-state index contributed by atoms with van der Waals surface area (Å²) in [4.78, 5) is 13.9. The molecule has 0 fully saturated rings. The Labute approximate surface area is 203 Å². The second-order valence-corrected chi connectivity index (χ2v) is 9.77. The van der Waals surface area contributed by atoms with Gasteiger partial charge in [-0.05, 0) is 61.7 Å². The molecule has 33 heavy (non-hydrogen) atoms. The molecule has 0 aliphatic heterocycles. The third kappa shape index (κ3) is 5.86. The van der Waals surface area contributed by atoms with Crippen molar-refractivity contribution in [2.24, 2.45) is 0 Å². The first kappa shape index (κ1) is 23.1. The number of aryl methyl sites for hydroxylation is 3. The van der Waals surface area contributed by atoms with Crippen LogP contribution < -0.4 is 5.32 Å². The van der Waals surface area contributed by atoms with Gasteiger partial charge in [0.2, 0.25) is 5.91 Å². The van der Waals surface area contributed by atoms with Gasteiger partial charge in [-0.15, -0.1) is 22.0 Å². The third-order valence-electron chi connectivity index (χ3n) is 5.15. The third-order valence-corrected chi connectivity index (χ3v) is 7.09. The highest BCUT2D eigenvalue weighted by molar-refractivity contribution is 7.99. The number of para-hydroxylation sites is 1. The van der Waals surface area contributed by atoms with Crippen LogP contribution in [0, 0.1) is 20.8 Å². The summed E-state index contributed by atoms with van der Waals surface area (Å²) in [7, 11) is 0. The standard InChI is InChI=1S/C26H26N4OS2/c1-18-9-7-12-21(15-18)30-23(16-32-22-13-5-4-6-14-22)28-29-26(30)33-17-24(31)27-25-19(2)10-8-11-20(25)3/h4-15H,16-17H2,1-3H3,(H,27,31). The fourth-order valence-corrected chi connectivity index (χ4v) is 5.10. The van der Waals surface area contributed by atoms with Crippen LogP contribution in [0.25, 0.3) is 5.69 Å². The Hall–Kier alpha value is -3.03. The van der Waals surface area contributed by atoms with Gasteiger partial charge in [0.1, 0.15) is 5.82 Å². The maximum absolute atomic E-state index is 12.7. The number of carbonyl (C=O) groups is 1. The highest BCUT2D eigenvalue weighted by atomic mass is 32.2. The van der Waals surface area contributed by atoms with Crippen LogP contribution in [0.3, 0.4) is 0 Å². The lowest BCUT2D eigenvalue weighted by molar-refractivity contribution is -0.113. The minimum atomic E-state index is -0.0589. The molecule has 5 nitrogen and oxygen atoms in total. The van der Waals surface area contributed by atoms with E-state index in [0.717, 1.165) is 33.9 Å². The molecule has 4 rings (SSSR count). The molecule has 0 bridgehead atoms. The second-order valence-electron chi connectivity index (χ2n) is 7.78. The molecular formula is C26H26N4OS2. The first-order chi connectivity index (χ1) is 16.0. The molecule has 1 N–H and O–H groups in total. The predicted octanol–water partition coefficient (Wildman–Crippen LogP) is 6.22. The number of aromatic nitrogens is 3. The summed E-state index contributed by atoms with van der Waals surface area (Å²) in [6.45, 7) is 6.07. The molecule has 0 radical (unpaired) electrons. The summed E-state index contributed by atoms with van der Waals surface area (Å²) in [5.74, 6) is 1.73. The molecule has 0 atom stereocenters. The van der Waals surface area contributed by atoms with Gasteiger partial charge in [-0.25, -0.2) is 0 Å². The van der Waals surface area contributed by atoms with Gasteiger partial charge in [-0.2, -0.15) is 0 Å². The van der Waals surface area contributed by atoms with E-state index in [1.54, 1.807) is 11.8 Å². The molecule has 0 unspecified atom stereocenters. The molecule has 7 heteroatoms.